The van der Waals surface area contributed by atoms with Crippen LogP contribution in [0.2, 0.25) is 0 Å². The maximum atomic E-state index is 6.70. The van der Waals surface area contributed by atoms with Crippen molar-refractivity contribution in [3.63, 3.8) is 0 Å². The van der Waals surface area contributed by atoms with E-state index in [-0.39, 0.29) is 12.0 Å². The Kier molecular flexibility index (Phi) is 7.20. The van der Waals surface area contributed by atoms with Gasteiger partial charge in [0.1, 0.15) is 17.6 Å². The summed E-state index contributed by atoms with van der Waals surface area (Å²) in [5, 5.41) is 0. The second-order valence-electron chi connectivity index (χ2n) is 10.0. The molecule has 0 bridgehead atoms. The molecule has 1 fully saturated rings. The number of rotatable bonds is 5. The average Bonchev–Trinajstić information content (AvgIpc) is 3.33. The van der Waals surface area contributed by atoms with E-state index in [1.54, 1.807) is 14.2 Å². The second kappa shape index (κ2) is 10.7. The normalized spacial score (nSPS) is 23.6. The van der Waals surface area contributed by atoms with E-state index in [0.717, 1.165) is 65.9 Å². The molecule has 36 heavy (non-hydrogen) atoms. The average molecular weight is 482 g/mol. The van der Waals surface area contributed by atoms with Crippen LogP contribution in [0, 0.1) is 23.7 Å². The van der Waals surface area contributed by atoms with Gasteiger partial charge in [-0.1, -0.05) is 48.6 Å². The molecular weight excluding hydrogens is 446 g/mol. The Morgan fingerprint density at radius 2 is 1.89 bits per heavy atom. The van der Waals surface area contributed by atoms with Gasteiger partial charge in [-0.15, -0.1) is 0 Å². The molecule has 0 amide bonds. The lowest BCUT2D eigenvalue weighted by Gasteiger charge is -2.37. The van der Waals surface area contributed by atoms with Gasteiger partial charge in [-0.2, -0.15) is 0 Å². The molecule has 2 aromatic rings. The number of ether oxygens (including phenoxy) is 3. The summed E-state index contributed by atoms with van der Waals surface area (Å²) >= 11 is 0. The number of hydrogen-bond acceptors (Lipinski definition) is 4. The minimum atomic E-state index is -0.204. The fourth-order valence-electron chi connectivity index (χ4n) is 5.46. The first kappa shape index (κ1) is 24.3. The second-order valence-corrected chi connectivity index (χ2v) is 10.0. The molecule has 2 unspecified atom stereocenters. The van der Waals surface area contributed by atoms with Crippen molar-refractivity contribution in [2.45, 2.75) is 32.8 Å². The number of likely N-dealkylation sites (tertiary alicyclic amines) is 1. The van der Waals surface area contributed by atoms with Crippen LogP contribution in [0.4, 0.5) is 0 Å². The van der Waals surface area contributed by atoms with Crippen LogP contribution in [-0.4, -0.2) is 38.8 Å². The largest absolute Gasteiger partial charge is 0.501 e. The smallest absolute Gasteiger partial charge is 0.149 e. The lowest BCUT2D eigenvalue weighted by atomic mass is 9.79. The molecule has 3 aliphatic rings. The van der Waals surface area contributed by atoms with Gasteiger partial charge in [-0.3, -0.25) is 4.90 Å². The van der Waals surface area contributed by atoms with Crippen LogP contribution in [0.25, 0.3) is 5.57 Å². The fourth-order valence-corrected chi connectivity index (χ4v) is 5.46. The van der Waals surface area contributed by atoms with Crippen LogP contribution in [0.5, 0.6) is 5.75 Å². The minimum absolute atomic E-state index is 0.167. The van der Waals surface area contributed by atoms with Crippen LogP contribution in [-0.2, 0) is 9.47 Å². The first-order valence-corrected chi connectivity index (χ1v) is 12.8. The van der Waals surface area contributed by atoms with Crippen molar-refractivity contribution in [3.8, 4) is 17.6 Å². The van der Waals surface area contributed by atoms with Crippen molar-refractivity contribution in [3.05, 3.63) is 94.5 Å². The monoisotopic (exact) mass is 481 g/mol. The van der Waals surface area contributed by atoms with E-state index in [9.17, 15) is 0 Å². The number of methoxy groups -OCH3 is 2. The minimum Gasteiger partial charge on any atom is -0.501 e. The molecule has 4 nitrogen and oxygen atoms in total. The van der Waals surface area contributed by atoms with Gasteiger partial charge in [-0.05, 0) is 73.4 Å². The van der Waals surface area contributed by atoms with Gasteiger partial charge in [0.2, 0.25) is 0 Å². The third kappa shape index (κ3) is 5.08. The lowest BCUT2D eigenvalue weighted by molar-refractivity contribution is 0.120. The summed E-state index contributed by atoms with van der Waals surface area (Å²) in [4.78, 5) is 2.44. The molecule has 0 aromatic heterocycles. The van der Waals surface area contributed by atoms with Crippen LogP contribution in [0.15, 0.2) is 77.8 Å². The molecule has 5 rings (SSSR count). The van der Waals surface area contributed by atoms with E-state index in [0.29, 0.717) is 0 Å². The lowest BCUT2D eigenvalue weighted by Crippen LogP contribution is -2.24. The molecule has 1 aliphatic carbocycles. The summed E-state index contributed by atoms with van der Waals surface area (Å²) in [6.07, 6.45) is 5.96. The zero-order valence-electron chi connectivity index (χ0n) is 21.7. The van der Waals surface area contributed by atoms with Crippen molar-refractivity contribution in [1.82, 2.24) is 4.90 Å². The maximum Gasteiger partial charge on any atom is 0.149 e. The first-order valence-electron chi connectivity index (χ1n) is 12.8. The molecule has 1 saturated heterocycles. The van der Waals surface area contributed by atoms with Crippen LogP contribution < -0.4 is 4.74 Å². The van der Waals surface area contributed by atoms with Crippen molar-refractivity contribution >= 4 is 5.57 Å². The van der Waals surface area contributed by atoms with E-state index in [4.69, 9.17) is 14.2 Å². The van der Waals surface area contributed by atoms with Crippen LogP contribution in [0.1, 0.15) is 49.5 Å². The molecule has 2 heterocycles. The number of hydrogen-bond donors (Lipinski definition) is 0. The molecule has 0 radical (unpaired) electrons. The van der Waals surface area contributed by atoms with Crippen molar-refractivity contribution < 1.29 is 14.2 Å². The first-order chi connectivity index (χ1) is 17.6. The molecule has 2 aromatic carbocycles. The topological polar surface area (TPSA) is 30.9 Å². The SMILES string of the molecule is COC1=CC=C2OC(c3ccc(C#CCN4CC[C@@H](C)C4)cc3)C(c3cccc(OC)c3)=C(C)C2C1. The quantitative estimate of drug-likeness (QED) is 0.465. The predicted octanol–water partition coefficient (Wildman–Crippen LogP) is 6.37. The van der Waals surface area contributed by atoms with Gasteiger partial charge in [0.05, 0.1) is 26.5 Å². The molecule has 0 saturated carbocycles. The zero-order valence-corrected chi connectivity index (χ0v) is 21.7. The van der Waals surface area contributed by atoms with Crippen molar-refractivity contribution in [1.29, 1.82) is 0 Å². The van der Waals surface area contributed by atoms with Crippen molar-refractivity contribution in [2.75, 3.05) is 33.9 Å². The molecule has 0 N–H and O–H groups in total. The molecular formula is C32H35NO3. The Balaban J connectivity index is 1.45. The van der Waals surface area contributed by atoms with Crippen LogP contribution >= 0.6 is 0 Å². The van der Waals surface area contributed by atoms with Crippen molar-refractivity contribution in [2.24, 2.45) is 11.8 Å². The molecule has 186 valence electrons. The van der Waals surface area contributed by atoms with Gasteiger partial charge in [0, 0.05) is 30.0 Å². The third-order valence-electron chi connectivity index (χ3n) is 7.55. The van der Waals surface area contributed by atoms with Gasteiger partial charge in [0.25, 0.3) is 0 Å². The van der Waals surface area contributed by atoms with E-state index in [2.05, 4.69) is 73.1 Å². The highest BCUT2D eigenvalue weighted by atomic mass is 16.5. The molecule has 0 spiro atoms. The van der Waals surface area contributed by atoms with Gasteiger partial charge in [0.15, 0.2) is 0 Å². The summed E-state index contributed by atoms with van der Waals surface area (Å²) in [7, 11) is 3.44. The molecule has 3 atom stereocenters. The highest BCUT2D eigenvalue weighted by Gasteiger charge is 2.36. The standard InChI is InChI=1S/C32H35NO3/c1-22-16-18-33(21-22)17-6-7-24-10-12-25(13-11-24)32-31(26-8-5-9-27(19-26)34-3)23(2)29-20-28(35-4)14-15-30(29)36-32/h5,8-15,19,22,29,32H,16-18,20-21H2,1-4H3/t22-,29?,32?/m1/s1. The number of nitrogens with zero attached hydrogens (tertiary/aromatic N) is 1. The Labute approximate surface area is 215 Å². The summed E-state index contributed by atoms with van der Waals surface area (Å²) < 4.78 is 17.8. The number of benzene rings is 2. The summed E-state index contributed by atoms with van der Waals surface area (Å²) in [6.45, 7) is 7.69. The van der Waals surface area contributed by atoms with E-state index in [1.807, 2.05) is 18.2 Å². The van der Waals surface area contributed by atoms with E-state index < -0.39 is 0 Å². The Morgan fingerprint density at radius 3 is 2.61 bits per heavy atom. The summed E-state index contributed by atoms with van der Waals surface area (Å²) in [6, 6.07) is 16.8. The number of fused-ring (bicyclic) bond motifs is 1. The number of allylic oxidation sites excluding steroid dienone is 4. The van der Waals surface area contributed by atoms with Gasteiger partial charge in [-0.25, -0.2) is 0 Å². The predicted molar refractivity (Wildman–Crippen MR) is 144 cm³/mol. The van der Waals surface area contributed by atoms with Crippen LogP contribution in [0.3, 0.4) is 0 Å². The Morgan fingerprint density at radius 1 is 1.06 bits per heavy atom. The van der Waals surface area contributed by atoms with E-state index >= 15 is 0 Å². The maximum absolute atomic E-state index is 6.70. The highest BCUT2D eigenvalue weighted by molar-refractivity contribution is 5.76. The Hall–Kier alpha value is -3.42. The highest BCUT2D eigenvalue weighted by Crippen LogP contribution is 2.49. The fraction of sp³-hybridized carbons (Fsp3) is 0.375. The molecule has 4 heteroatoms. The summed E-state index contributed by atoms with van der Waals surface area (Å²) in [5.41, 5.74) is 5.76. The van der Waals surface area contributed by atoms with E-state index in [1.165, 1.54) is 17.6 Å². The van der Waals surface area contributed by atoms with Gasteiger partial charge < -0.3 is 14.2 Å². The Bertz CT molecular complexity index is 1260. The summed E-state index contributed by atoms with van der Waals surface area (Å²) in [5.74, 6) is 10.5. The molecule has 2 aliphatic heterocycles. The third-order valence-corrected chi connectivity index (χ3v) is 7.55. The van der Waals surface area contributed by atoms with Gasteiger partial charge >= 0.3 is 0 Å². The zero-order chi connectivity index (χ0) is 25.1.